The lowest BCUT2D eigenvalue weighted by molar-refractivity contribution is -0.0550. The number of H-pyrrole nitrogens is 1. The number of ether oxygens (including phenoxy) is 1. The molecule has 2 heterocycles. The number of aromatic nitrogens is 2. The number of nitrogens with one attached hydrogen (secondary N) is 2. The van der Waals surface area contributed by atoms with Gasteiger partial charge in [0.25, 0.3) is 0 Å². The second-order valence-corrected chi connectivity index (χ2v) is 3.64. The second-order valence-electron chi connectivity index (χ2n) is 3.64. The van der Waals surface area contributed by atoms with Crippen LogP contribution in [0.15, 0.2) is 17.0 Å². The predicted molar refractivity (Wildman–Crippen MR) is 53.9 cm³/mol. The SMILES string of the molecule is [2H]c1c([2H])n([C@H]2O[C@@H](CO)[C@H](O)[C@@H]2O)c(=O)[nH]c1=N. The fraction of sp³-hybridized carbons (Fsp3) is 0.556. The van der Waals surface area contributed by atoms with Gasteiger partial charge in [-0.1, -0.05) is 0 Å². The average molecular weight is 245 g/mol. The van der Waals surface area contributed by atoms with Gasteiger partial charge in [-0.3, -0.25) is 15.0 Å². The number of hydrogen-bond donors (Lipinski definition) is 5. The Hall–Kier alpha value is -1.48. The van der Waals surface area contributed by atoms with E-state index >= 15 is 0 Å². The molecule has 1 fully saturated rings. The van der Waals surface area contributed by atoms with Gasteiger partial charge in [-0.15, -0.1) is 0 Å². The summed E-state index contributed by atoms with van der Waals surface area (Å²) in [6.07, 6.45) is -6.04. The van der Waals surface area contributed by atoms with Crippen LogP contribution >= 0.6 is 0 Å². The summed E-state index contributed by atoms with van der Waals surface area (Å²) in [5.74, 6) is 0. The standard InChI is InChI=1S/C9H13N3O5/c10-5-1-2-12(9(16)11-5)8-7(15)6(14)4(3-13)17-8/h1-2,4,6-8,13-15H,3H2,(H2,10,11,16)/t4-,6-,7-,8-/m0/s1/i1D,2D. The van der Waals surface area contributed by atoms with Crippen molar-refractivity contribution >= 4 is 0 Å². The highest BCUT2D eigenvalue weighted by molar-refractivity contribution is 4.92. The minimum absolute atomic E-state index is 0.530. The van der Waals surface area contributed by atoms with Crippen molar-refractivity contribution in [1.82, 2.24) is 9.55 Å². The van der Waals surface area contributed by atoms with Crippen molar-refractivity contribution in [2.24, 2.45) is 0 Å². The van der Waals surface area contributed by atoms with Crippen LogP contribution in [0.4, 0.5) is 0 Å². The lowest BCUT2D eigenvalue weighted by atomic mass is 10.1. The summed E-state index contributed by atoms with van der Waals surface area (Å²) < 4.78 is 20.8. The Balaban J connectivity index is 2.52. The number of hydrogen-bond acceptors (Lipinski definition) is 6. The van der Waals surface area contributed by atoms with Gasteiger partial charge in [0.05, 0.1) is 9.35 Å². The van der Waals surface area contributed by atoms with Gasteiger partial charge in [0, 0.05) is 6.17 Å². The summed E-state index contributed by atoms with van der Waals surface area (Å²) in [5.41, 5.74) is -1.45. The molecule has 17 heavy (non-hydrogen) atoms. The van der Waals surface area contributed by atoms with Crippen molar-refractivity contribution in [3.05, 3.63) is 28.2 Å². The first kappa shape index (κ1) is 9.54. The van der Waals surface area contributed by atoms with E-state index in [1.54, 1.807) is 0 Å². The zero-order valence-electron chi connectivity index (χ0n) is 10.6. The summed E-state index contributed by atoms with van der Waals surface area (Å²) in [4.78, 5) is 13.7. The van der Waals surface area contributed by atoms with E-state index in [9.17, 15) is 15.0 Å². The van der Waals surface area contributed by atoms with Crippen LogP contribution in [0.3, 0.4) is 0 Å². The number of nitrogens with zero attached hydrogens (tertiary/aromatic N) is 1. The Morgan fingerprint density at radius 3 is 2.88 bits per heavy atom. The zero-order chi connectivity index (χ0) is 14.3. The molecule has 0 aromatic carbocycles. The third kappa shape index (κ3) is 2.03. The van der Waals surface area contributed by atoms with Crippen LogP contribution in [0.2, 0.25) is 0 Å². The van der Waals surface area contributed by atoms with Crippen LogP contribution in [-0.2, 0) is 4.74 Å². The van der Waals surface area contributed by atoms with E-state index in [4.69, 9.17) is 18.0 Å². The summed E-state index contributed by atoms with van der Waals surface area (Å²) in [7, 11) is 0. The van der Waals surface area contributed by atoms with E-state index in [0.717, 1.165) is 0 Å². The van der Waals surface area contributed by atoms with E-state index in [1.165, 1.54) is 0 Å². The highest BCUT2D eigenvalue weighted by Gasteiger charge is 2.43. The van der Waals surface area contributed by atoms with E-state index in [0.29, 0.717) is 4.57 Å². The number of aromatic amines is 1. The molecule has 1 aliphatic rings. The Morgan fingerprint density at radius 2 is 2.29 bits per heavy atom. The summed E-state index contributed by atoms with van der Waals surface area (Å²) in [6, 6.07) is -0.544. The van der Waals surface area contributed by atoms with Gasteiger partial charge < -0.3 is 20.1 Å². The first-order valence-electron chi connectivity index (χ1n) is 5.87. The van der Waals surface area contributed by atoms with Gasteiger partial charge in [0.15, 0.2) is 6.23 Å². The largest absolute Gasteiger partial charge is 0.394 e. The van der Waals surface area contributed by atoms with Crippen molar-refractivity contribution in [3.63, 3.8) is 0 Å². The maximum Gasteiger partial charge on any atom is 0.329 e. The van der Waals surface area contributed by atoms with Crippen molar-refractivity contribution in [1.29, 1.82) is 5.41 Å². The van der Waals surface area contributed by atoms with Gasteiger partial charge in [-0.2, -0.15) is 0 Å². The molecule has 1 aromatic heterocycles. The third-order valence-electron chi connectivity index (χ3n) is 2.52. The second kappa shape index (κ2) is 4.41. The first-order valence-corrected chi connectivity index (χ1v) is 4.87. The normalized spacial score (nSPS) is 34.5. The number of aliphatic hydroxyl groups is 3. The van der Waals surface area contributed by atoms with Crippen LogP contribution in [0.25, 0.3) is 0 Å². The van der Waals surface area contributed by atoms with E-state index in [-0.39, 0.29) is 0 Å². The number of aliphatic hydroxyl groups excluding tert-OH is 3. The molecule has 5 N–H and O–H groups in total. The van der Waals surface area contributed by atoms with Crippen molar-refractivity contribution in [3.8, 4) is 0 Å². The Morgan fingerprint density at radius 1 is 1.59 bits per heavy atom. The van der Waals surface area contributed by atoms with E-state index in [2.05, 4.69) is 0 Å². The van der Waals surface area contributed by atoms with Crippen molar-refractivity contribution < 1.29 is 22.8 Å². The molecule has 0 bridgehead atoms. The molecule has 94 valence electrons. The Bertz CT molecular complexity index is 600. The highest BCUT2D eigenvalue weighted by Crippen LogP contribution is 2.27. The minimum Gasteiger partial charge on any atom is -0.394 e. The first-order chi connectivity index (χ1) is 8.88. The lowest BCUT2D eigenvalue weighted by Gasteiger charge is -2.16. The quantitative estimate of drug-likeness (QED) is 0.386. The molecule has 0 aliphatic carbocycles. The monoisotopic (exact) mass is 245 g/mol. The molecule has 0 amide bonds. The molecule has 0 spiro atoms. The highest BCUT2D eigenvalue weighted by atomic mass is 16.6. The molecule has 1 saturated heterocycles. The maximum atomic E-state index is 11.7. The van der Waals surface area contributed by atoms with Gasteiger partial charge in [0.1, 0.15) is 23.8 Å². The fourth-order valence-electron chi connectivity index (χ4n) is 1.64. The Labute approximate surface area is 98.1 Å². The number of rotatable bonds is 2. The molecule has 0 radical (unpaired) electrons. The molecule has 0 unspecified atom stereocenters. The summed E-state index contributed by atoms with van der Waals surface area (Å²) >= 11 is 0. The molecule has 1 aliphatic heterocycles. The van der Waals surface area contributed by atoms with E-state index in [1.807, 2.05) is 4.98 Å². The molecule has 8 heteroatoms. The lowest BCUT2D eigenvalue weighted by Crippen LogP contribution is -2.37. The fourth-order valence-corrected chi connectivity index (χ4v) is 1.64. The van der Waals surface area contributed by atoms with Gasteiger partial charge in [0.2, 0.25) is 0 Å². The van der Waals surface area contributed by atoms with Crippen LogP contribution < -0.4 is 11.2 Å². The zero-order valence-corrected chi connectivity index (χ0v) is 8.62. The average Bonchev–Trinajstić information content (AvgIpc) is 2.64. The van der Waals surface area contributed by atoms with E-state index < -0.39 is 54.5 Å². The van der Waals surface area contributed by atoms with Crippen LogP contribution in [-0.4, -0.2) is 49.8 Å². The molecular formula is C9H13N3O5. The third-order valence-corrected chi connectivity index (χ3v) is 2.52. The minimum atomic E-state index is -1.52. The van der Waals surface area contributed by atoms with Crippen LogP contribution in [0.5, 0.6) is 0 Å². The molecular weight excluding hydrogens is 230 g/mol. The molecule has 4 atom stereocenters. The predicted octanol–water partition coefficient (Wildman–Crippen LogP) is -2.73. The van der Waals surface area contributed by atoms with Gasteiger partial charge in [-0.05, 0) is 6.04 Å². The smallest absolute Gasteiger partial charge is 0.329 e. The molecule has 1 aromatic rings. The molecule has 8 nitrogen and oxygen atoms in total. The maximum absolute atomic E-state index is 11.7. The van der Waals surface area contributed by atoms with Gasteiger partial charge in [-0.25, -0.2) is 4.79 Å². The Kier molecular flexibility index (Phi) is 2.48. The van der Waals surface area contributed by atoms with Crippen molar-refractivity contribution in [2.45, 2.75) is 24.5 Å². The van der Waals surface area contributed by atoms with Crippen LogP contribution in [0.1, 0.15) is 8.97 Å². The molecule has 2 rings (SSSR count). The summed E-state index contributed by atoms with van der Waals surface area (Å²) in [6.45, 7) is -0.565. The molecule has 0 saturated carbocycles. The summed E-state index contributed by atoms with van der Waals surface area (Å²) in [5, 5.41) is 35.6. The van der Waals surface area contributed by atoms with Crippen molar-refractivity contribution in [2.75, 3.05) is 6.61 Å². The van der Waals surface area contributed by atoms with Gasteiger partial charge >= 0.3 is 5.69 Å². The van der Waals surface area contributed by atoms with Crippen LogP contribution in [0, 0.1) is 5.41 Å². The topological polar surface area (TPSA) is 132 Å².